The van der Waals surface area contributed by atoms with Crippen molar-refractivity contribution >= 4 is 17.7 Å². The van der Waals surface area contributed by atoms with Crippen molar-refractivity contribution in [3.63, 3.8) is 0 Å². The average Bonchev–Trinajstić information content (AvgIpc) is 3.15. The van der Waals surface area contributed by atoms with Gasteiger partial charge >= 0.3 is 0 Å². The molecule has 1 aromatic heterocycles. The Hall–Kier alpha value is -1.17. The van der Waals surface area contributed by atoms with Crippen LogP contribution in [-0.4, -0.2) is 46.4 Å². The van der Waals surface area contributed by atoms with E-state index in [0.29, 0.717) is 6.04 Å². The van der Waals surface area contributed by atoms with Crippen LogP contribution >= 0.6 is 11.8 Å². The zero-order valence-electron chi connectivity index (χ0n) is 13.1. The summed E-state index contributed by atoms with van der Waals surface area (Å²) in [5, 5.41) is 11.9. The normalized spacial score (nSPS) is 22.5. The Morgan fingerprint density at radius 2 is 2.38 bits per heavy atom. The van der Waals surface area contributed by atoms with Crippen molar-refractivity contribution in [2.45, 2.75) is 50.4 Å². The third-order valence-corrected chi connectivity index (χ3v) is 4.87. The molecule has 1 aromatic rings. The van der Waals surface area contributed by atoms with E-state index in [0.717, 1.165) is 37.3 Å². The van der Waals surface area contributed by atoms with Gasteiger partial charge in [-0.2, -0.15) is 16.9 Å². The highest BCUT2D eigenvalue weighted by Gasteiger charge is 2.24. The highest BCUT2D eigenvalue weighted by molar-refractivity contribution is 7.99. The van der Waals surface area contributed by atoms with Crippen LogP contribution in [0.25, 0.3) is 0 Å². The van der Waals surface area contributed by atoms with Gasteiger partial charge in [0.1, 0.15) is 0 Å². The van der Waals surface area contributed by atoms with Gasteiger partial charge in [0, 0.05) is 43.3 Å². The molecule has 1 aliphatic carbocycles. The minimum atomic E-state index is 0.575. The lowest BCUT2D eigenvalue weighted by atomic mass is 10.2. The summed E-state index contributed by atoms with van der Waals surface area (Å²) >= 11 is 1.99. The van der Waals surface area contributed by atoms with E-state index in [4.69, 9.17) is 0 Å². The van der Waals surface area contributed by atoms with E-state index in [2.05, 4.69) is 33.9 Å². The topological polar surface area (TPSA) is 54.2 Å². The number of aliphatic imine (C=N–C) groups is 1. The second kappa shape index (κ2) is 8.97. The first kappa shape index (κ1) is 16.2. The van der Waals surface area contributed by atoms with Crippen LogP contribution in [0.5, 0.6) is 0 Å². The van der Waals surface area contributed by atoms with Gasteiger partial charge in [-0.1, -0.05) is 0 Å². The van der Waals surface area contributed by atoms with Crippen LogP contribution in [0.15, 0.2) is 23.5 Å². The fraction of sp³-hybridized carbons (Fsp3) is 0.733. The Morgan fingerprint density at radius 3 is 3.05 bits per heavy atom. The Morgan fingerprint density at radius 1 is 1.48 bits per heavy atom. The molecule has 21 heavy (non-hydrogen) atoms. The van der Waals surface area contributed by atoms with Crippen LogP contribution in [0.4, 0.5) is 0 Å². The van der Waals surface area contributed by atoms with Gasteiger partial charge in [-0.25, -0.2) is 0 Å². The van der Waals surface area contributed by atoms with Crippen LogP contribution in [0.1, 0.15) is 32.6 Å². The number of hydrogen-bond acceptors (Lipinski definition) is 3. The standard InChI is InChI=1S/C15H27N5S/c1-3-16-15(19-13-6-7-14(12-13)21-2)17-8-4-10-20-11-5-9-18-20/h5,9,11,13-14H,3-4,6-8,10,12H2,1-2H3,(H2,16,17,19). The van der Waals surface area contributed by atoms with Gasteiger partial charge in [0.2, 0.25) is 0 Å². The summed E-state index contributed by atoms with van der Waals surface area (Å²) in [6.07, 6.45) is 10.9. The van der Waals surface area contributed by atoms with Gasteiger partial charge in [-0.05, 0) is 44.9 Å². The number of aromatic nitrogens is 2. The van der Waals surface area contributed by atoms with Crippen molar-refractivity contribution in [3.8, 4) is 0 Å². The molecule has 1 saturated carbocycles. The lowest BCUT2D eigenvalue weighted by Crippen LogP contribution is -2.42. The zero-order valence-corrected chi connectivity index (χ0v) is 13.9. The number of thioether (sulfide) groups is 1. The summed E-state index contributed by atoms with van der Waals surface area (Å²) in [6.45, 7) is 4.77. The summed E-state index contributed by atoms with van der Waals surface area (Å²) in [4.78, 5) is 4.67. The molecule has 118 valence electrons. The molecular weight excluding hydrogens is 282 g/mol. The second-order valence-electron chi connectivity index (χ2n) is 5.40. The molecule has 0 radical (unpaired) electrons. The third kappa shape index (κ3) is 5.61. The molecule has 5 nitrogen and oxygen atoms in total. The quantitative estimate of drug-likeness (QED) is 0.460. The molecule has 1 aliphatic rings. The van der Waals surface area contributed by atoms with Crippen molar-refractivity contribution in [1.82, 2.24) is 20.4 Å². The second-order valence-corrected chi connectivity index (χ2v) is 6.53. The Balaban J connectivity index is 1.73. The van der Waals surface area contributed by atoms with Gasteiger partial charge in [-0.15, -0.1) is 0 Å². The molecule has 2 atom stereocenters. The summed E-state index contributed by atoms with van der Waals surface area (Å²) in [7, 11) is 0. The first-order valence-corrected chi connectivity index (χ1v) is 9.15. The highest BCUT2D eigenvalue weighted by Crippen LogP contribution is 2.27. The van der Waals surface area contributed by atoms with Gasteiger partial charge in [-0.3, -0.25) is 9.67 Å². The summed E-state index contributed by atoms with van der Waals surface area (Å²) in [6, 6.07) is 2.53. The minimum absolute atomic E-state index is 0.575. The van der Waals surface area contributed by atoms with Crippen molar-refractivity contribution in [2.75, 3.05) is 19.3 Å². The summed E-state index contributed by atoms with van der Waals surface area (Å²) < 4.78 is 1.95. The monoisotopic (exact) mass is 309 g/mol. The van der Waals surface area contributed by atoms with Gasteiger partial charge in [0.25, 0.3) is 0 Å². The van der Waals surface area contributed by atoms with Crippen LogP contribution in [0.2, 0.25) is 0 Å². The Kier molecular flexibility index (Phi) is 6.92. The number of hydrogen-bond donors (Lipinski definition) is 2. The molecule has 0 aliphatic heterocycles. The van der Waals surface area contributed by atoms with Crippen LogP contribution < -0.4 is 10.6 Å². The molecule has 0 bridgehead atoms. The maximum atomic E-state index is 4.67. The molecule has 1 heterocycles. The summed E-state index contributed by atoms with van der Waals surface area (Å²) in [5.74, 6) is 0.963. The van der Waals surface area contributed by atoms with E-state index in [1.165, 1.54) is 19.3 Å². The Labute approximate surface area is 132 Å². The van der Waals surface area contributed by atoms with Gasteiger partial charge < -0.3 is 10.6 Å². The van der Waals surface area contributed by atoms with Crippen molar-refractivity contribution in [3.05, 3.63) is 18.5 Å². The average molecular weight is 309 g/mol. The molecule has 1 fully saturated rings. The number of guanidine groups is 1. The molecule has 2 N–H and O–H groups in total. The van der Waals surface area contributed by atoms with E-state index in [1.54, 1.807) is 0 Å². The van der Waals surface area contributed by atoms with E-state index in [9.17, 15) is 0 Å². The molecule has 6 heteroatoms. The van der Waals surface area contributed by atoms with E-state index < -0.39 is 0 Å². The fourth-order valence-electron chi connectivity index (χ4n) is 2.65. The molecular formula is C15H27N5S. The SMILES string of the molecule is CCNC(=NCCCn1cccn1)NC1CCC(SC)C1. The molecule has 0 aromatic carbocycles. The number of aryl methyl sites for hydroxylation is 1. The van der Waals surface area contributed by atoms with Crippen LogP contribution in [0.3, 0.4) is 0 Å². The van der Waals surface area contributed by atoms with E-state index in [1.807, 2.05) is 34.9 Å². The van der Waals surface area contributed by atoms with Crippen molar-refractivity contribution < 1.29 is 0 Å². The molecule has 0 amide bonds. The molecule has 2 rings (SSSR count). The number of nitrogens with zero attached hydrogens (tertiary/aromatic N) is 3. The lowest BCUT2D eigenvalue weighted by Gasteiger charge is -2.17. The number of nitrogens with one attached hydrogen (secondary N) is 2. The first-order chi connectivity index (χ1) is 10.3. The smallest absolute Gasteiger partial charge is 0.191 e. The number of rotatable bonds is 7. The van der Waals surface area contributed by atoms with E-state index in [-0.39, 0.29) is 0 Å². The van der Waals surface area contributed by atoms with Crippen LogP contribution in [0, 0.1) is 0 Å². The zero-order chi connectivity index (χ0) is 14.9. The largest absolute Gasteiger partial charge is 0.357 e. The van der Waals surface area contributed by atoms with Gasteiger partial charge in [0.05, 0.1) is 0 Å². The van der Waals surface area contributed by atoms with Gasteiger partial charge in [0.15, 0.2) is 5.96 Å². The Bertz CT molecular complexity index is 418. The van der Waals surface area contributed by atoms with Crippen molar-refractivity contribution in [1.29, 1.82) is 0 Å². The predicted molar refractivity (Wildman–Crippen MR) is 90.9 cm³/mol. The lowest BCUT2D eigenvalue weighted by molar-refractivity contribution is 0.579. The van der Waals surface area contributed by atoms with Crippen molar-refractivity contribution in [2.24, 2.45) is 4.99 Å². The highest BCUT2D eigenvalue weighted by atomic mass is 32.2. The van der Waals surface area contributed by atoms with Crippen LogP contribution in [-0.2, 0) is 6.54 Å². The van der Waals surface area contributed by atoms with E-state index >= 15 is 0 Å². The predicted octanol–water partition coefficient (Wildman–Crippen LogP) is 2.11. The maximum Gasteiger partial charge on any atom is 0.191 e. The first-order valence-electron chi connectivity index (χ1n) is 7.87. The molecule has 0 saturated heterocycles. The molecule has 2 unspecified atom stereocenters. The fourth-order valence-corrected chi connectivity index (χ4v) is 3.45. The third-order valence-electron chi connectivity index (χ3n) is 3.78. The summed E-state index contributed by atoms with van der Waals surface area (Å²) in [5.41, 5.74) is 0. The maximum absolute atomic E-state index is 4.67. The molecule has 0 spiro atoms. The minimum Gasteiger partial charge on any atom is -0.357 e.